The summed E-state index contributed by atoms with van der Waals surface area (Å²) < 4.78 is 45.9. The van der Waals surface area contributed by atoms with Crippen LogP contribution in [-0.2, 0) is 26.1 Å². The van der Waals surface area contributed by atoms with Crippen LogP contribution in [0.15, 0.2) is 53.4 Å². The zero-order chi connectivity index (χ0) is 23.3. The first-order chi connectivity index (χ1) is 15.2. The number of ether oxygens (including phenoxy) is 1. The van der Waals surface area contributed by atoms with Crippen molar-refractivity contribution in [3.63, 3.8) is 0 Å². The molecule has 0 aliphatic carbocycles. The molecular formula is C23H27FN2O5S. The normalized spacial score (nSPS) is 19.3. The molecule has 2 aromatic rings. The lowest BCUT2D eigenvalue weighted by Crippen LogP contribution is -2.42. The van der Waals surface area contributed by atoms with E-state index in [4.69, 9.17) is 4.74 Å². The van der Waals surface area contributed by atoms with Crippen LogP contribution in [0.4, 0.5) is 4.39 Å². The molecule has 2 atom stereocenters. The van der Waals surface area contributed by atoms with Gasteiger partial charge in [-0.3, -0.25) is 4.79 Å². The van der Waals surface area contributed by atoms with Gasteiger partial charge in [-0.05, 0) is 48.6 Å². The fourth-order valence-electron chi connectivity index (χ4n) is 3.82. The first kappa shape index (κ1) is 23.9. The van der Waals surface area contributed by atoms with Crippen LogP contribution in [0, 0.1) is 17.7 Å². The Kier molecular flexibility index (Phi) is 7.63. The highest BCUT2D eigenvalue weighted by Gasteiger charge is 2.31. The molecule has 1 saturated heterocycles. The molecule has 1 amide bonds. The van der Waals surface area contributed by atoms with Gasteiger partial charge in [0.05, 0.1) is 10.5 Å². The van der Waals surface area contributed by atoms with E-state index in [1.807, 2.05) is 13.8 Å². The molecular weight excluding hydrogens is 435 g/mol. The second-order valence-corrected chi connectivity index (χ2v) is 10.2. The number of nitrogens with zero attached hydrogens (tertiary/aromatic N) is 1. The van der Waals surface area contributed by atoms with Crippen molar-refractivity contribution in [2.24, 2.45) is 11.8 Å². The van der Waals surface area contributed by atoms with E-state index in [9.17, 15) is 22.4 Å². The van der Waals surface area contributed by atoms with E-state index in [1.54, 1.807) is 18.2 Å². The zero-order valence-corrected chi connectivity index (χ0v) is 18.9. The minimum Gasteiger partial charge on any atom is -0.452 e. The summed E-state index contributed by atoms with van der Waals surface area (Å²) in [6.07, 6.45) is 0.991. The van der Waals surface area contributed by atoms with Gasteiger partial charge in [-0.25, -0.2) is 17.6 Å². The molecule has 0 saturated carbocycles. The lowest BCUT2D eigenvalue weighted by atomic mass is 9.94. The summed E-state index contributed by atoms with van der Waals surface area (Å²) in [6.45, 7) is 4.45. The average Bonchev–Trinajstić information content (AvgIpc) is 2.76. The Morgan fingerprint density at radius 3 is 2.31 bits per heavy atom. The molecule has 172 valence electrons. The Morgan fingerprint density at radius 1 is 1.06 bits per heavy atom. The lowest BCUT2D eigenvalue weighted by molar-refractivity contribution is -0.124. The van der Waals surface area contributed by atoms with Crippen LogP contribution in [0.5, 0.6) is 0 Å². The standard InChI is InChI=1S/C23H27FN2O5S/c1-16-11-17(2)14-26(13-16)32(29,30)20-9-7-18(8-10-20)23(28)31-15-22(27)25-12-19-5-3-4-6-21(19)24/h3-10,16-17H,11-15H2,1-2H3,(H,25,27). The number of piperidine rings is 1. The van der Waals surface area contributed by atoms with Gasteiger partial charge in [0.25, 0.3) is 5.91 Å². The first-order valence-corrected chi connectivity index (χ1v) is 11.9. The molecule has 1 aliphatic heterocycles. The van der Waals surface area contributed by atoms with Crippen molar-refractivity contribution in [2.75, 3.05) is 19.7 Å². The maximum Gasteiger partial charge on any atom is 0.338 e. The van der Waals surface area contributed by atoms with Crippen LogP contribution in [0.25, 0.3) is 0 Å². The van der Waals surface area contributed by atoms with Crippen molar-refractivity contribution >= 4 is 21.9 Å². The van der Waals surface area contributed by atoms with E-state index in [0.717, 1.165) is 6.42 Å². The van der Waals surface area contributed by atoms with Gasteiger partial charge >= 0.3 is 5.97 Å². The number of nitrogens with one attached hydrogen (secondary N) is 1. The summed E-state index contributed by atoms with van der Waals surface area (Å²) in [5.74, 6) is -1.20. The minimum atomic E-state index is -3.65. The highest BCUT2D eigenvalue weighted by Crippen LogP contribution is 2.26. The molecule has 1 fully saturated rings. The van der Waals surface area contributed by atoms with Gasteiger partial charge in [0.1, 0.15) is 5.82 Å². The van der Waals surface area contributed by atoms with Crippen LogP contribution in [0.2, 0.25) is 0 Å². The number of halogens is 1. The zero-order valence-electron chi connectivity index (χ0n) is 18.1. The van der Waals surface area contributed by atoms with Gasteiger partial charge in [-0.2, -0.15) is 4.31 Å². The molecule has 1 heterocycles. The molecule has 7 nitrogen and oxygen atoms in total. The second-order valence-electron chi connectivity index (χ2n) is 8.24. The molecule has 2 aromatic carbocycles. The summed E-state index contributed by atoms with van der Waals surface area (Å²) in [5, 5.41) is 2.48. The highest BCUT2D eigenvalue weighted by molar-refractivity contribution is 7.89. The van der Waals surface area contributed by atoms with E-state index >= 15 is 0 Å². The minimum absolute atomic E-state index is 0.0245. The largest absolute Gasteiger partial charge is 0.452 e. The van der Waals surface area contributed by atoms with E-state index in [-0.39, 0.29) is 28.8 Å². The van der Waals surface area contributed by atoms with Crippen LogP contribution in [0.1, 0.15) is 36.2 Å². The van der Waals surface area contributed by atoms with Gasteiger partial charge in [-0.1, -0.05) is 32.0 Å². The summed E-state index contributed by atoms with van der Waals surface area (Å²) in [7, 11) is -3.65. The molecule has 0 bridgehead atoms. The predicted octanol–water partition coefficient (Wildman–Crippen LogP) is 2.97. The fourth-order valence-corrected chi connectivity index (χ4v) is 5.49. The molecule has 9 heteroatoms. The van der Waals surface area contributed by atoms with Crippen LogP contribution >= 0.6 is 0 Å². The smallest absolute Gasteiger partial charge is 0.338 e. The van der Waals surface area contributed by atoms with E-state index in [2.05, 4.69) is 5.32 Å². The topological polar surface area (TPSA) is 92.8 Å². The molecule has 0 radical (unpaired) electrons. The number of rotatable bonds is 7. The van der Waals surface area contributed by atoms with Crippen LogP contribution in [0.3, 0.4) is 0 Å². The molecule has 0 spiro atoms. The Hall–Kier alpha value is -2.78. The van der Waals surface area contributed by atoms with E-state index in [1.165, 1.54) is 34.6 Å². The van der Waals surface area contributed by atoms with E-state index in [0.29, 0.717) is 18.7 Å². The quantitative estimate of drug-likeness (QED) is 0.639. The number of amides is 1. The van der Waals surface area contributed by atoms with Crippen molar-refractivity contribution < 1.29 is 27.1 Å². The van der Waals surface area contributed by atoms with Crippen molar-refractivity contribution in [3.05, 3.63) is 65.5 Å². The van der Waals surface area contributed by atoms with Crippen molar-refractivity contribution in [1.82, 2.24) is 9.62 Å². The van der Waals surface area contributed by atoms with Crippen LogP contribution in [-0.4, -0.2) is 44.3 Å². The summed E-state index contributed by atoms with van der Waals surface area (Å²) >= 11 is 0. The summed E-state index contributed by atoms with van der Waals surface area (Å²) in [6, 6.07) is 11.5. The maximum atomic E-state index is 13.6. The van der Waals surface area contributed by atoms with Gasteiger partial charge in [0.15, 0.2) is 6.61 Å². The van der Waals surface area contributed by atoms with Crippen molar-refractivity contribution in [1.29, 1.82) is 0 Å². The molecule has 1 N–H and O–H groups in total. The van der Waals surface area contributed by atoms with Crippen LogP contribution < -0.4 is 5.32 Å². The maximum absolute atomic E-state index is 13.6. The third kappa shape index (κ3) is 5.92. The van der Waals surface area contributed by atoms with Gasteiger partial charge < -0.3 is 10.1 Å². The number of sulfonamides is 1. The monoisotopic (exact) mass is 462 g/mol. The highest BCUT2D eigenvalue weighted by atomic mass is 32.2. The number of esters is 1. The number of hydrogen-bond donors (Lipinski definition) is 1. The molecule has 0 aromatic heterocycles. The lowest BCUT2D eigenvalue weighted by Gasteiger charge is -2.34. The average molecular weight is 463 g/mol. The second kappa shape index (κ2) is 10.2. The van der Waals surface area contributed by atoms with Gasteiger partial charge in [-0.15, -0.1) is 0 Å². The summed E-state index contributed by atoms with van der Waals surface area (Å²) in [4.78, 5) is 24.2. The van der Waals surface area contributed by atoms with E-state index < -0.39 is 34.3 Å². The molecule has 32 heavy (non-hydrogen) atoms. The van der Waals surface area contributed by atoms with Crippen molar-refractivity contribution in [2.45, 2.75) is 31.7 Å². The number of hydrogen-bond acceptors (Lipinski definition) is 5. The van der Waals surface area contributed by atoms with Gasteiger partial charge in [0, 0.05) is 25.2 Å². The third-order valence-electron chi connectivity index (χ3n) is 5.33. The Bertz CT molecular complexity index is 1060. The predicted molar refractivity (Wildman–Crippen MR) is 117 cm³/mol. The number of carbonyl (C=O) groups is 2. The van der Waals surface area contributed by atoms with Gasteiger partial charge in [0.2, 0.25) is 10.0 Å². The Balaban J connectivity index is 1.54. The SMILES string of the molecule is CC1CC(C)CN(S(=O)(=O)c2ccc(C(=O)OCC(=O)NCc3ccccc3F)cc2)C1. The molecule has 1 aliphatic rings. The number of benzene rings is 2. The Labute approximate surface area is 187 Å². The third-order valence-corrected chi connectivity index (χ3v) is 7.18. The number of carbonyl (C=O) groups excluding carboxylic acids is 2. The summed E-state index contributed by atoms with van der Waals surface area (Å²) in [5.41, 5.74) is 0.452. The molecule has 3 rings (SSSR count). The fraction of sp³-hybridized carbons (Fsp3) is 0.391. The Morgan fingerprint density at radius 2 is 1.69 bits per heavy atom. The van der Waals surface area contributed by atoms with Crippen molar-refractivity contribution in [3.8, 4) is 0 Å². The first-order valence-electron chi connectivity index (χ1n) is 10.4. The molecule has 2 unspecified atom stereocenters.